The van der Waals surface area contributed by atoms with Gasteiger partial charge in [-0.1, -0.05) is 0 Å². The molecule has 0 amide bonds. The maximum atomic E-state index is 11.4. The molecule has 5 heteroatoms. The number of hydrogen-bond donors (Lipinski definition) is 2. The Morgan fingerprint density at radius 3 is 3.00 bits per heavy atom. The number of phenolic OH excluding ortho intramolecular Hbond substituents is 1. The summed E-state index contributed by atoms with van der Waals surface area (Å²) in [7, 11) is 0. The zero-order chi connectivity index (χ0) is 12.7. The van der Waals surface area contributed by atoms with Gasteiger partial charge in [0, 0.05) is 23.1 Å². The number of benzene rings is 1. The molecule has 1 aromatic carbocycles. The number of rotatable bonds is 1. The lowest BCUT2D eigenvalue weighted by Gasteiger charge is -2.19. The minimum Gasteiger partial charge on any atom is -0.508 e. The molecule has 0 aliphatic carbocycles. The van der Waals surface area contributed by atoms with Gasteiger partial charge in [0.1, 0.15) is 5.75 Å². The van der Waals surface area contributed by atoms with Gasteiger partial charge in [-0.3, -0.25) is 4.98 Å². The summed E-state index contributed by atoms with van der Waals surface area (Å²) in [6, 6.07) is 4.57. The number of fused-ring (bicyclic) bond motifs is 2. The van der Waals surface area contributed by atoms with E-state index >= 15 is 0 Å². The van der Waals surface area contributed by atoms with E-state index in [1.54, 1.807) is 6.07 Å². The minimum absolute atomic E-state index is 0.0310. The molecule has 0 radical (unpaired) electrons. The molecule has 0 bridgehead atoms. The van der Waals surface area contributed by atoms with E-state index < -0.39 is 5.97 Å². The zero-order valence-electron chi connectivity index (χ0n) is 9.51. The fourth-order valence-electron chi connectivity index (χ4n) is 2.29. The van der Waals surface area contributed by atoms with Crippen molar-refractivity contribution < 1.29 is 19.7 Å². The van der Waals surface area contributed by atoms with E-state index in [-0.39, 0.29) is 17.9 Å². The largest absolute Gasteiger partial charge is 0.508 e. The second kappa shape index (κ2) is 3.96. The summed E-state index contributed by atoms with van der Waals surface area (Å²) in [5.41, 5.74) is 2.17. The van der Waals surface area contributed by atoms with Crippen molar-refractivity contribution in [2.24, 2.45) is 0 Å². The van der Waals surface area contributed by atoms with E-state index in [1.807, 2.05) is 0 Å². The highest BCUT2D eigenvalue weighted by Gasteiger charge is 2.22. The summed E-state index contributed by atoms with van der Waals surface area (Å²) in [4.78, 5) is 15.9. The van der Waals surface area contributed by atoms with Crippen molar-refractivity contribution in [1.29, 1.82) is 0 Å². The molecule has 0 saturated carbocycles. The van der Waals surface area contributed by atoms with E-state index in [0.717, 1.165) is 5.69 Å². The normalized spacial score (nSPS) is 14.4. The van der Waals surface area contributed by atoms with E-state index in [0.29, 0.717) is 29.5 Å². The average molecular weight is 245 g/mol. The van der Waals surface area contributed by atoms with Gasteiger partial charge in [-0.15, -0.1) is 0 Å². The Labute approximate surface area is 103 Å². The lowest BCUT2D eigenvalue weighted by atomic mass is 9.98. The summed E-state index contributed by atoms with van der Waals surface area (Å²) < 4.78 is 5.30. The SMILES string of the molecule is O=C(O)c1c2c(nc3ccc(O)cc13)CCOC2. The molecule has 0 spiro atoms. The predicted octanol–water partition coefficient (Wildman–Crippen LogP) is 1.71. The van der Waals surface area contributed by atoms with Gasteiger partial charge < -0.3 is 14.9 Å². The molecule has 1 aliphatic heterocycles. The van der Waals surface area contributed by atoms with E-state index in [2.05, 4.69) is 4.98 Å². The zero-order valence-corrected chi connectivity index (χ0v) is 9.51. The van der Waals surface area contributed by atoms with Gasteiger partial charge in [-0.2, -0.15) is 0 Å². The number of aromatic hydroxyl groups is 1. The lowest BCUT2D eigenvalue weighted by molar-refractivity contribution is 0.0683. The Morgan fingerprint density at radius 2 is 2.22 bits per heavy atom. The van der Waals surface area contributed by atoms with E-state index in [9.17, 15) is 15.0 Å². The van der Waals surface area contributed by atoms with Crippen molar-refractivity contribution in [3.63, 3.8) is 0 Å². The maximum Gasteiger partial charge on any atom is 0.336 e. The topological polar surface area (TPSA) is 79.7 Å². The summed E-state index contributed by atoms with van der Waals surface area (Å²) >= 11 is 0. The highest BCUT2D eigenvalue weighted by atomic mass is 16.5. The molecule has 3 rings (SSSR count). The van der Waals surface area contributed by atoms with Crippen LogP contribution in [0.4, 0.5) is 0 Å². The first-order chi connectivity index (χ1) is 8.66. The predicted molar refractivity (Wildman–Crippen MR) is 63.7 cm³/mol. The minimum atomic E-state index is -1.02. The fraction of sp³-hybridized carbons (Fsp3) is 0.231. The quantitative estimate of drug-likeness (QED) is 0.799. The van der Waals surface area contributed by atoms with Gasteiger partial charge in [0.2, 0.25) is 0 Å². The van der Waals surface area contributed by atoms with Gasteiger partial charge in [0.25, 0.3) is 0 Å². The van der Waals surface area contributed by atoms with Crippen LogP contribution in [0.1, 0.15) is 21.6 Å². The number of pyridine rings is 1. The van der Waals surface area contributed by atoms with Gasteiger partial charge in [-0.25, -0.2) is 4.79 Å². The molecule has 1 aromatic heterocycles. The van der Waals surface area contributed by atoms with Gasteiger partial charge in [0.15, 0.2) is 0 Å². The van der Waals surface area contributed by atoms with Crippen molar-refractivity contribution in [1.82, 2.24) is 4.98 Å². The molecule has 2 heterocycles. The number of aromatic nitrogens is 1. The molecule has 18 heavy (non-hydrogen) atoms. The Hall–Kier alpha value is -2.14. The summed E-state index contributed by atoms with van der Waals surface area (Å²) in [6.45, 7) is 0.818. The van der Waals surface area contributed by atoms with Crippen molar-refractivity contribution in [2.75, 3.05) is 6.61 Å². The third-order valence-corrected chi connectivity index (χ3v) is 3.10. The number of hydrogen-bond acceptors (Lipinski definition) is 4. The number of phenols is 1. The summed E-state index contributed by atoms with van der Waals surface area (Å²) in [5, 5.41) is 19.3. The monoisotopic (exact) mass is 245 g/mol. The first kappa shape index (κ1) is 11.0. The molecule has 2 aromatic rings. The van der Waals surface area contributed by atoms with Crippen LogP contribution < -0.4 is 0 Å². The van der Waals surface area contributed by atoms with Crippen LogP contribution in [0, 0.1) is 0 Å². The van der Waals surface area contributed by atoms with Gasteiger partial charge in [0.05, 0.1) is 24.3 Å². The van der Waals surface area contributed by atoms with Gasteiger partial charge >= 0.3 is 5.97 Å². The standard InChI is InChI=1S/C13H11NO4/c15-7-1-2-10-8(5-7)12(13(16)17)9-6-18-4-3-11(9)14-10/h1-2,5,15H,3-4,6H2,(H,16,17). The average Bonchev–Trinajstić information content (AvgIpc) is 2.35. The molecule has 92 valence electrons. The van der Waals surface area contributed by atoms with E-state index in [4.69, 9.17) is 4.74 Å². The van der Waals surface area contributed by atoms with Crippen LogP contribution in [0.5, 0.6) is 5.75 Å². The number of nitrogens with zero attached hydrogens (tertiary/aromatic N) is 1. The molecular formula is C13H11NO4. The number of carboxylic acid groups (broad SMARTS) is 1. The highest BCUT2D eigenvalue weighted by molar-refractivity contribution is 6.04. The third-order valence-electron chi connectivity index (χ3n) is 3.10. The summed E-state index contributed by atoms with van der Waals surface area (Å²) in [5.74, 6) is -0.988. The van der Waals surface area contributed by atoms with Crippen LogP contribution in [0.3, 0.4) is 0 Å². The Bertz CT molecular complexity index is 651. The second-order valence-electron chi connectivity index (χ2n) is 4.22. The molecule has 0 atom stereocenters. The van der Waals surface area contributed by atoms with E-state index in [1.165, 1.54) is 12.1 Å². The van der Waals surface area contributed by atoms with Crippen molar-refractivity contribution in [3.05, 3.63) is 35.0 Å². The number of ether oxygens (including phenoxy) is 1. The highest BCUT2D eigenvalue weighted by Crippen LogP contribution is 2.29. The molecule has 0 fully saturated rings. The molecule has 1 aliphatic rings. The smallest absolute Gasteiger partial charge is 0.336 e. The molecule has 0 unspecified atom stereocenters. The molecule has 5 nitrogen and oxygen atoms in total. The number of carboxylic acids is 1. The Morgan fingerprint density at radius 1 is 1.39 bits per heavy atom. The van der Waals surface area contributed by atoms with Crippen molar-refractivity contribution >= 4 is 16.9 Å². The van der Waals surface area contributed by atoms with Crippen molar-refractivity contribution in [3.8, 4) is 5.75 Å². The van der Waals surface area contributed by atoms with Crippen LogP contribution in [0.25, 0.3) is 10.9 Å². The van der Waals surface area contributed by atoms with Crippen molar-refractivity contribution in [2.45, 2.75) is 13.0 Å². The first-order valence-corrected chi connectivity index (χ1v) is 5.62. The molecule has 2 N–H and O–H groups in total. The van der Waals surface area contributed by atoms with Crippen LogP contribution in [0.2, 0.25) is 0 Å². The first-order valence-electron chi connectivity index (χ1n) is 5.62. The Balaban J connectivity index is 2.41. The Kier molecular flexibility index (Phi) is 2.41. The second-order valence-corrected chi connectivity index (χ2v) is 4.22. The van der Waals surface area contributed by atoms with Crippen LogP contribution >= 0.6 is 0 Å². The number of aromatic carboxylic acids is 1. The maximum absolute atomic E-state index is 11.4. The number of carbonyl (C=O) groups is 1. The summed E-state index contributed by atoms with van der Waals surface area (Å²) in [6.07, 6.45) is 0.617. The van der Waals surface area contributed by atoms with Crippen LogP contribution in [0.15, 0.2) is 18.2 Å². The fourth-order valence-corrected chi connectivity index (χ4v) is 2.29. The van der Waals surface area contributed by atoms with Gasteiger partial charge in [-0.05, 0) is 18.2 Å². The van der Waals surface area contributed by atoms with Crippen LogP contribution in [-0.2, 0) is 17.8 Å². The lowest BCUT2D eigenvalue weighted by Crippen LogP contribution is -2.17. The van der Waals surface area contributed by atoms with Crippen LogP contribution in [-0.4, -0.2) is 27.8 Å². The molecule has 0 saturated heterocycles. The third kappa shape index (κ3) is 1.60. The molecular weight excluding hydrogens is 234 g/mol.